The first-order valence-corrected chi connectivity index (χ1v) is 12.2. The number of carbonyl (C=O) groups excluding carboxylic acids is 4. The highest BCUT2D eigenvalue weighted by atomic mass is 32.1. The van der Waals surface area contributed by atoms with E-state index in [2.05, 4.69) is 20.9 Å². The maximum absolute atomic E-state index is 12.8. The van der Waals surface area contributed by atoms with Gasteiger partial charge in [0, 0.05) is 13.0 Å². The topological polar surface area (TPSA) is 147 Å². The summed E-state index contributed by atoms with van der Waals surface area (Å²) in [6, 6.07) is 8.91. The highest BCUT2D eigenvalue weighted by Crippen LogP contribution is 2.23. The van der Waals surface area contributed by atoms with Gasteiger partial charge in [0.05, 0.1) is 17.7 Å². The van der Waals surface area contributed by atoms with Crippen molar-refractivity contribution in [3.63, 3.8) is 0 Å². The van der Waals surface area contributed by atoms with Crippen LogP contribution < -0.4 is 16.0 Å². The van der Waals surface area contributed by atoms with E-state index in [4.69, 9.17) is 4.74 Å². The van der Waals surface area contributed by atoms with Gasteiger partial charge < -0.3 is 25.8 Å². The van der Waals surface area contributed by atoms with Crippen LogP contribution in [0.3, 0.4) is 0 Å². The summed E-state index contributed by atoms with van der Waals surface area (Å²) < 4.78 is 4.74. The van der Waals surface area contributed by atoms with E-state index in [1.165, 1.54) is 18.4 Å². The van der Waals surface area contributed by atoms with Gasteiger partial charge in [0.2, 0.25) is 5.91 Å². The number of hydrogen-bond donors (Lipinski definition) is 4. The van der Waals surface area contributed by atoms with Crippen molar-refractivity contribution in [2.75, 3.05) is 19.0 Å². The number of anilines is 1. The summed E-state index contributed by atoms with van der Waals surface area (Å²) in [5.74, 6) is -1.83. The Morgan fingerprint density at radius 2 is 1.94 bits per heavy atom. The molecule has 10 nitrogen and oxygen atoms in total. The number of thiophene rings is 1. The lowest BCUT2D eigenvalue weighted by Crippen LogP contribution is -2.48. The molecule has 0 radical (unpaired) electrons. The number of phenols is 1. The number of carbonyl (C=O) groups is 4. The van der Waals surface area contributed by atoms with Crippen molar-refractivity contribution in [3.05, 3.63) is 62.8 Å². The Kier molecular flexibility index (Phi) is 8.92. The molecule has 4 N–H and O–H groups in total. The molecule has 0 fully saturated rings. The maximum atomic E-state index is 12.8. The van der Waals surface area contributed by atoms with Gasteiger partial charge >= 0.3 is 5.97 Å². The Labute approximate surface area is 209 Å². The van der Waals surface area contributed by atoms with Crippen LogP contribution in [-0.2, 0) is 20.7 Å². The average molecular weight is 517 g/mol. The van der Waals surface area contributed by atoms with Crippen molar-refractivity contribution in [2.24, 2.45) is 0 Å². The quantitative estimate of drug-likeness (QED) is 0.303. The third kappa shape index (κ3) is 7.36. The van der Waals surface area contributed by atoms with Crippen molar-refractivity contribution in [2.45, 2.75) is 25.8 Å². The Hall–Kier alpha value is -3.77. The van der Waals surface area contributed by atoms with E-state index < -0.39 is 17.9 Å². The minimum Gasteiger partial charge on any atom is -0.508 e. The summed E-state index contributed by atoms with van der Waals surface area (Å²) >= 11 is 2.22. The summed E-state index contributed by atoms with van der Waals surface area (Å²) in [4.78, 5) is 54.4. The molecule has 2 heterocycles. The molecular weight excluding hydrogens is 492 g/mol. The highest BCUT2D eigenvalue weighted by molar-refractivity contribution is 7.17. The molecule has 0 aliphatic rings. The van der Waals surface area contributed by atoms with Crippen LogP contribution in [0, 0.1) is 6.92 Å². The van der Waals surface area contributed by atoms with E-state index in [0.717, 1.165) is 16.9 Å². The van der Waals surface area contributed by atoms with Crippen molar-refractivity contribution in [1.29, 1.82) is 0 Å². The van der Waals surface area contributed by atoms with Gasteiger partial charge in [-0.25, -0.2) is 9.78 Å². The molecular formula is C23H24N4O6S2. The first-order valence-electron chi connectivity index (χ1n) is 10.5. The van der Waals surface area contributed by atoms with Crippen LogP contribution in [0.25, 0.3) is 0 Å². The zero-order chi connectivity index (χ0) is 25.4. The summed E-state index contributed by atoms with van der Waals surface area (Å²) in [6.07, 6.45) is 0.591. The van der Waals surface area contributed by atoms with Crippen molar-refractivity contribution >= 4 is 51.5 Å². The number of thiazole rings is 1. The van der Waals surface area contributed by atoms with Gasteiger partial charge in [0.1, 0.15) is 16.7 Å². The number of esters is 1. The van der Waals surface area contributed by atoms with Gasteiger partial charge in [0.25, 0.3) is 11.8 Å². The lowest BCUT2D eigenvalue weighted by Gasteiger charge is -2.16. The zero-order valence-corrected chi connectivity index (χ0v) is 20.6. The molecule has 184 valence electrons. The number of nitrogens with one attached hydrogen (secondary N) is 3. The predicted molar refractivity (Wildman–Crippen MR) is 132 cm³/mol. The number of methoxy groups -OCH3 is 1. The second kappa shape index (κ2) is 12.1. The summed E-state index contributed by atoms with van der Waals surface area (Å²) in [5, 5.41) is 19.3. The van der Waals surface area contributed by atoms with Crippen LogP contribution in [0.15, 0.2) is 41.8 Å². The predicted octanol–water partition coefficient (Wildman–Crippen LogP) is 2.49. The molecule has 2 aromatic heterocycles. The third-order valence-corrected chi connectivity index (χ3v) is 6.74. The molecule has 35 heavy (non-hydrogen) atoms. The minimum atomic E-state index is -1.11. The molecule has 0 bridgehead atoms. The van der Waals surface area contributed by atoms with Gasteiger partial charge in [-0.1, -0.05) is 29.5 Å². The average Bonchev–Trinajstić information content (AvgIpc) is 3.49. The van der Waals surface area contributed by atoms with Crippen LogP contribution in [0.1, 0.15) is 37.0 Å². The standard InChI is InChI=1S/C23H24N4O6S2/c1-13-19(35-23(25-13)27-18(29)9-8-14-5-3-6-15(28)11-14)21(31)26-16(22(32)33-2)12-24-20(30)17-7-4-10-34-17/h3-7,10-11,16,28H,8-9,12H2,1-2H3,(H,24,30)(H,26,31)(H,25,27,29). The maximum Gasteiger partial charge on any atom is 0.330 e. The monoisotopic (exact) mass is 516 g/mol. The number of amides is 3. The fourth-order valence-corrected chi connectivity index (χ4v) is 4.59. The Bertz CT molecular complexity index is 1210. The molecule has 0 aliphatic carbocycles. The van der Waals surface area contributed by atoms with Gasteiger partial charge in [0.15, 0.2) is 5.13 Å². The van der Waals surface area contributed by atoms with Gasteiger partial charge in [-0.3, -0.25) is 14.4 Å². The van der Waals surface area contributed by atoms with Gasteiger partial charge in [-0.2, -0.15) is 0 Å². The molecule has 0 aliphatic heterocycles. The number of aromatic hydroxyl groups is 1. The van der Waals surface area contributed by atoms with E-state index in [1.54, 1.807) is 42.6 Å². The van der Waals surface area contributed by atoms with Crippen LogP contribution in [-0.4, -0.2) is 53.5 Å². The van der Waals surface area contributed by atoms with E-state index in [9.17, 15) is 24.3 Å². The summed E-state index contributed by atoms with van der Waals surface area (Å²) in [7, 11) is 1.19. The van der Waals surface area contributed by atoms with E-state index in [1.807, 2.05) is 6.07 Å². The van der Waals surface area contributed by atoms with Gasteiger partial charge in [-0.05, 0) is 42.5 Å². The van der Waals surface area contributed by atoms with Crippen LogP contribution in [0.4, 0.5) is 5.13 Å². The second-order valence-electron chi connectivity index (χ2n) is 7.39. The molecule has 3 amide bonds. The molecule has 0 saturated heterocycles. The number of hydrogen-bond acceptors (Lipinski definition) is 9. The van der Waals surface area contributed by atoms with E-state index >= 15 is 0 Å². The van der Waals surface area contributed by atoms with Crippen molar-refractivity contribution < 1.29 is 29.0 Å². The van der Waals surface area contributed by atoms with E-state index in [-0.39, 0.29) is 40.5 Å². The molecule has 1 atom stereocenters. The lowest BCUT2D eigenvalue weighted by molar-refractivity contribution is -0.142. The third-order valence-electron chi connectivity index (χ3n) is 4.80. The number of nitrogens with zero attached hydrogens (tertiary/aromatic N) is 1. The molecule has 3 aromatic rings. The Balaban J connectivity index is 1.58. The second-order valence-corrected chi connectivity index (χ2v) is 9.33. The van der Waals surface area contributed by atoms with E-state index in [0.29, 0.717) is 17.0 Å². The van der Waals surface area contributed by atoms with Crippen molar-refractivity contribution in [3.8, 4) is 5.75 Å². The number of phenolic OH excluding ortho intramolecular Hbond substituents is 1. The first-order chi connectivity index (χ1) is 16.8. The number of aromatic nitrogens is 1. The Morgan fingerprint density at radius 1 is 1.14 bits per heavy atom. The van der Waals surface area contributed by atoms with Crippen molar-refractivity contribution in [1.82, 2.24) is 15.6 Å². The number of aryl methyl sites for hydroxylation is 2. The summed E-state index contributed by atoms with van der Waals surface area (Å²) in [5.41, 5.74) is 1.19. The first kappa shape index (κ1) is 25.8. The minimum absolute atomic E-state index is 0.130. The molecule has 1 aromatic carbocycles. The summed E-state index contributed by atoms with van der Waals surface area (Å²) in [6.45, 7) is 1.45. The molecule has 1 unspecified atom stereocenters. The molecule has 3 rings (SSSR count). The SMILES string of the molecule is COC(=O)C(CNC(=O)c1cccs1)NC(=O)c1sc(NC(=O)CCc2cccc(O)c2)nc1C. The van der Waals surface area contributed by atoms with Crippen LogP contribution >= 0.6 is 22.7 Å². The normalized spacial score (nSPS) is 11.4. The fourth-order valence-electron chi connectivity index (χ4n) is 3.06. The Morgan fingerprint density at radius 3 is 2.63 bits per heavy atom. The zero-order valence-electron chi connectivity index (χ0n) is 19.0. The molecule has 12 heteroatoms. The van der Waals surface area contributed by atoms with Crippen LogP contribution in [0.2, 0.25) is 0 Å². The lowest BCUT2D eigenvalue weighted by atomic mass is 10.1. The molecule has 0 spiro atoms. The smallest absolute Gasteiger partial charge is 0.330 e. The molecule has 0 saturated carbocycles. The number of benzene rings is 1. The highest BCUT2D eigenvalue weighted by Gasteiger charge is 2.26. The number of rotatable bonds is 10. The number of ether oxygens (including phenoxy) is 1. The largest absolute Gasteiger partial charge is 0.508 e. The van der Waals surface area contributed by atoms with Crippen LogP contribution in [0.5, 0.6) is 5.75 Å². The fraction of sp³-hybridized carbons (Fsp3) is 0.261. The van der Waals surface area contributed by atoms with Gasteiger partial charge in [-0.15, -0.1) is 11.3 Å².